The quantitative estimate of drug-likeness (QED) is 0.669. The molecule has 86 valence electrons. The summed E-state index contributed by atoms with van der Waals surface area (Å²) in [6, 6.07) is 0. The Bertz CT molecular complexity index is 244. The van der Waals surface area contributed by atoms with Crippen molar-refractivity contribution in [2.24, 2.45) is 4.99 Å². The molecule has 1 N–H and O–H groups in total. The molecule has 1 fully saturated rings. The van der Waals surface area contributed by atoms with E-state index >= 15 is 0 Å². The summed E-state index contributed by atoms with van der Waals surface area (Å²) < 4.78 is 5.13. The molecule has 0 aromatic heterocycles. The van der Waals surface area contributed by atoms with Crippen LogP contribution in [-0.4, -0.2) is 30.5 Å². The summed E-state index contributed by atoms with van der Waals surface area (Å²) >= 11 is 0. The van der Waals surface area contributed by atoms with E-state index in [0.29, 0.717) is 0 Å². The smallest absolute Gasteiger partial charge is 0.434 e. The van der Waals surface area contributed by atoms with Gasteiger partial charge in [-0.1, -0.05) is 0 Å². The second-order valence-electron chi connectivity index (χ2n) is 4.76. The highest BCUT2D eigenvalue weighted by Crippen LogP contribution is 2.09. The number of hydrogen-bond acceptors (Lipinski definition) is 3. The zero-order valence-electron chi connectivity index (χ0n) is 9.80. The standard InChI is InChI=1S/C11H20N2O2/c1-11(2,3)15-10(14)13-9-5-4-7-12-8-6-9/h12H,4-8H2,1-3H3. The number of nitrogens with one attached hydrogen (secondary N) is 1. The summed E-state index contributed by atoms with van der Waals surface area (Å²) in [5.41, 5.74) is 0.499. The van der Waals surface area contributed by atoms with E-state index in [9.17, 15) is 4.79 Å². The lowest BCUT2D eigenvalue weighted by Crippen LogP contribution is -2.22. The van der Waals surface area contributed by atoms with Gasteiger partial charge in [-0.2, -0.15) is 4.99 Å². The third-order valence-corrected chi connectivity index (χ3v) is 2.05. The van der Waals surface area contributed by atoms with Gasteiger partial charge in [-0.05, 0) is 46.6 Å². The van der Waals surface area contributed by atoms with E-state index in [2.05, 4.69) is 10.3 Å². The molecule has 1 aliphatic heterocycles. The molecular weight excluding hydrogens is 192 g/mol. The monoisotopic (exact) mass is 212 g/mol. The fraction of sp³-hybridized carbons (Fsp3) is 0.818. The summed E-state index contributed by atoms with van der Waals surface area (Å²) in [6.07, 6.45) is 2.33. The maximum absolute atomic E-state index is 11.4. The van der Waals surface area contributed by atoms with Crippen molar-refractivity contribution in [1.29, 1.82) is 0 Å². The Morgan fingerprint density at radius 2 is 2.07 bits per heavy atom. The Kier molecular flexibility index (Phi) is 4.27. The Morgan fingerprint density at radius 3 is 2.73 bits per heavy atom. The molecule has 1 aliphatic rings. The molecule has 15 heavy (non-hydrogen) atoms. The molecule has 0 spiro atoms. The van der Waals surface area contributed by atoms with Crippen molar-refractivity contribution in [3.63, 3.8) is 0 Å². The molecule has 0 saturated carbocycles. The highest BCUT2D eigenvalue weighted by Gasteiger charge is 2.16. The first-order chi connectivity index (χ1) is 6.97. The van der Waals surface area contributed by atoms with Crippen LogP contribution in [-0.2, 0) is 4.74 Å². The molecule has 4 heteroatoms. The molecule has 0 aromatic rings. The summed E-state index contributed by atoms with van der Waals surface area (Å²) in [7, 11) is 0. The van der Waals surface area contributed by atoms with Crippen molar-refractivity contribution >= 4 is 11.8 Å². The molecule has 1 amide bonds. The largest absolute Gasteiger partial charge is 0.442 e. The average Bonchev–Trinajstić information content (AvgIpc) is 2.28. The average molecular weight is 212 g/mol. The number of carbonyl (C=O) groups is 1. The van der Waals surface area contributed by atoms with E-state index in [1.165, 1.54) is 0 Å². The molecule has 1 rings (SSSR count). The van der Waals surface area contributed by atoms with Gasteiger partial charge in [0, 0.05) is 12.3 Å². The van der Waals surface area contributed by atoms with Crippen molar-refractivity contribution in [3.8, 4) is 0 Å². The minimum Gasteiger partial charge on any atom is -0.442 e. The van der Waals surface area contributed by atoms with Crippen LogP contribution in [0.4, 0.5) is 4.79 Å². The summed E-state index contributed by atoms with van der Waals surface area (Å²) in [6.45, 7) is 7.45. The maximum Gasteiger partial charge on any atom is 0.434 e. The van der Waals surface area contributed by atoms with Crippen LogP contribution in [0.2, 0.25) is 0 Å². The Hall–Kier alpha value is -0.900. The van der Waals surface area contributed by atoms with E-state index in [1.54, 1.807) is 0 Å². The molecule has 0 radical (unpaired) electrons. The molecule has 0 atom stereocenters. The second kappa shape index (κ2) is 5.26. The third-order valence-electron chi connectivity index (χ3n) is 2.05. The molecule has 0 aromatic carbocycles. The van der Waals surface area contributed by atoms with Gasteiger partial charge in [0.05, 0.1) is 0 Å². The zero-order valence-corrected chi connectivity index (χ0v) is 9.80. The SMILES string of the molecule is CC(C)(C)OC(=O)N=C1CCCNCC1. The molecule has 1 heterocycles. The first-order valence-electron chi connectivity index (χ1n) is 5.47. The summed E-state index contributed by atoms with van der Waals surface area (Å²) in [5.74, 6) is 0. The van der Waals surface area contributed by atoms with Crippen molar-refractivity contribution in [3.05, 3.63) is 0 Å². The second-order valence-corrected chi connectivity index (χ2v) is 4.76. The fourth-order valence-corrected chi connectivity index (χ4v) is 1.43. The van der Waals surface area contributed by atoms with Gasteiger partial charge in [0.15, 0.2) is 0 Å². The van der Waals surface area contributed by atoms with Crippen molar-refractivity contribution < 1.29 is 9.53 Å². The number of carbonyl (C=O) groups excluding carboxylic acids is 1. The van der Waals surface area contributed by atoms with Crippen LogP contribution in [0.5, 0.6) is 0 Å². The molecule has 0 unspecified atom stereocenters. The van der Waals surface area contributed by atoms with Crippen molar-refractivity contribution in [2.75, 3.05) is 13.1 Å². The lowest BCUT2D eigenvalue weighted by atomic mass is 10.2. The number of ether oxygens (including phenoxy) is 1. The maximum atomic E-state index is 11.4. The van der Waals surface area contributed by atoms with Gasteiger partial charge in [0.1, 0.15) is 5.60 Å². The number of amides is 1. The number of hydrogen-bond donors (Lipinski definition) is 1. The number of aliphatic imine (C=N–C) groups is 1. The number of rotatable bonds is 0. The molecule has 0 aliphatic carbocycles. The normalized spacial score (nSPS) is 21.1. The molecule has 0 bridgehead atoms. The van der Waals surface area contributed by atoms with Gasteiger partial charge >= 0.3 is 6.09 Å². The highest BCUT2D eigenvalue weighted by molar-refractivity contribution is 5.93. The lowest BCUT2D eigenvalue weighted by molar-refractivity contribution is 0.0603. The van der Waals surface area contributed by atoms with Gasteiger partial charge in [-0.15, -0.1) is 0 Å². The minimum absolute atomic E-state index is 0.454. The van der Waals surface area contributed by atoms with E-state index in [4.69, 9.17) is 4.74 Å². The molecule has 4 nitrogen and oxygen atoms in total. The number of nitrogens with zero attached hydrogens (tertiary/aromatic N) is 1. The van der Waals surface area contributed by atoms with Crippen molar-refractivity contribution in [2.45, 2.75) is 45.6 Å². The topological polar surface area (TPSA) is 50.7 Å². The van der Waals surface area contributed by atoms with Crippen LogP contribution in [0.3, 0.4) is 0 Å². The van der Waals surface area contributed by atoms with Gasteiger partial charge in [-0.3, -0.25) is 0 Å². The van der Waals surface area contributed by atoms with E-state index < -0.39 is 11.7 Å². The first-order valence-corrected chi connectivity index (χ1v) is 5.47. The van der Waals surface area contributed by atoms with Crippen LogP contribution in [0.15, 0.2) is 4.99 Å². The van der Waals surface area contributed by atoms with Gasteiger partial charge in [0.2, 0.25) is 0 Å². The fourth-order valence-electron chi connectivity index (χ4n) is 1.43. The summed E-state index contributed by atoms with van der Waals surface area (Å²) in [5, 5.41) is 3.27. The third kappa shape index (κ3) is 5.52. The van der Waals surface area contributed by atoms with E-state index in [1.807, 2.05) is 20.8 Å². The minimum atomic E-state index is -0.459. The Labute approximate surface area is 91.1 Å². The van der Waals surface area contributed by atoms with E-state index in [0.717, 1.165) is 38.1 Å². The Morgan fingerprint density at radius 1 is 1.33 bits per heavy atom. The predicted octanol–water partition coefficient (Wildman–Crippen LogP) is 2.14. The van der Waals surface area contributed by atoms with Crippen LogP contribution < -0.4 is 5.32 Å². The first kappa shape index (κ1) is 12.2. The van der Waals surface area contributed by atoms with Crippen LogP contribution in [0, 0.1) is 0 Å². The van der Waals surface area contributed by atoms with Crippen LogP contribution in [0.1, 0.15) is 40.0 Å². The van der Waals surface area contributed by atoms with Crippen LogP contribution >= 0.6 is 0 Å². The van der Waals surface area contributed by atoms with Crippen LogP contribution in [0.25, 0.3) is 0 Å². The highest BCUT2D eigenvalue weighted by atomic mass is 16.6. The van der Waals surface area contributed by atoms with Crippen molar-refractivity contribution in [1.82, 2.24) is 5.32 Å². The molecular formula is C11H20N2O2. The van der Waals surface area contributed by atoms with Gasteiger partial charge in [0.25, 0.3) is 0 Å². The van der Waals surface area contributed by atoms with Gasteiger partial charge < -0.3 is 10.1 Å². The zero-order chi connectivity index (χ0) is 11.3. The summed E-state index contributed by atoms with van der Waals surface area (Å²) in [4.78, 5) is 15.4. The van der Waals surface area contributed by atoms with Gasteiger partial charge in [-0.25, -0.2) is 4.79 Å². The lowest BCUT2D eigenvalue weighted by Gasteiger charge is -2.17. The Balaban J connectivity index is 2.49. The molecule has 1 saturated heterocycles. The van der Waals surface area contributed by atoms with E-state index in [-0.39, 0.29) is 0 Å². The predicted molar refractivity (Wildman–Crippen MR) is 60.4 cm³/mol.